The highest BCUT2D eigenvalue weighted by molar-refractivity contribution is 5.85. The SMILES string of the molecule is CC12CCC(CNC(C)(C(N)=O)c3ccccc3)(CO1)C2. The van der Waals surface area contributed by atoms with Crippen molar-refractivity contribution in [2.75, 3.05) is 13.2 Å². The Morgan fingerprint density at radius 3 is 2.57 bits per heavy atom. The van der Waals surface area contributed by atoms with Gasteiger partial charge >= 0.3 is 0 Å². The van der Waals surface area contributed by atoms with Crippen molar-refractivity contribution in [1.29, 1.82) is 0 Å². The summed E-state index contributed by atoms with van der Waals surface area (Å²) in [7, 11) is 0. The Kier molecular flexibility index (Phi) is 3.34. The molecule has 4 heteroatoms. The molecule has 1 saturated heterocycles. The van der Waals surface area contributed by atoms with E-state index in [1.807, 2.05) is 37.3 Å². The van der Waals surface area contributed by atoms with Crippen molar-refractivity contribution >= 4 is 5.91 Å². The van der Waals surface area contributed by atoms with Crippen LogP contribution in [0.2, 0.25) is 0 Å². The van der Waals surface area contributed by atoms with Crippen molar-refractivity contribution in [2.24, 2.45) is 11.1 Å². The normalized spacial score (nSPS) is 33.8. The first-order chi connectivity index (χ1) is 9.88. The molecule has 3 unspecified atom stereocenters. The lowest BCUT2D eigenvalue weighted by Gasteiger charge is -2.34. The molecule has 2 aliphatic rings. The van der Waals surface area contributed by atoms with E-state index in [2.05, 4.69) is 12.2 Å². The van der Waals surface area contributed by atoms with Crippen LogP contribution in [0.5, 0.6) is 0 Å². The molecule has 1 aromatic carbocycles. The standard InChI is InChI=1S/C17H24N2O2/c1-15-8-9-17(10-15,12-21-15)11-19-16(2,14(18)20)13-6-4-3-5-7-13/h3-7,19H,8-12H2,1-2H3,(H2,18,20). The molecular formula is C17H24N2O2. The molecule has 21 heavy (non-hydrogen) atoms. The maximum Gasteiger partial charge on any atom is 0.242 e. The number of fused-ring (bicyclic) bond motifs is 2. The van der Waals surface area contributed by atoms with Crippen molar-refractivity contribution in [3.8, 4) is 0 Å². The Balaban J connectivity index is 1.77. The number of hydrogen-bond acceptors (Lipinski definition) is 3. The number of carbonyl (C=O) groups is 1. The fourth-order valence-electron chi connectivity index (χ4n) is 3.74. The van der Waals surface area contributed by atoms with Crippen LogP contribution in [0.15, 0.2) is 30.3 Å². The van der Waals surface area contributed by atoms with Gasteiger partial charge in [0.25, 0.3) is 0 Å². The number of nitrogens with two attached hydrogens (primary N) is 1. The second-order valence-electron chi connectivity index (χ2n) is 7.12. The van der Waals surface area contributed by atoms with E-state index in [-0.39, 0.29) is 16.9 Å². The first-order valence-electron chi connectivity index (χ1n) is 7.62. The molecule has 1 heterocycles. The molecule has 1 aliphatic carbocycles. The van der Waals surface area contributed by atoms with Crippen LogP contribution in [0, 0.1) is 5.41 Å². The Bertz CT molecular complexity index is 535. The highest BCUT2D eigenvalue weighted by Gasteiger charge is 2.53. The van der Waals surface area contributed by atoms with Gasteiger partial charge in [0, 0.05) is 12.0 Å². The second kappa shape index (κ2) is 4.82. The van der Waals surface area contributed by atoms with Gasteiger partial charge in [-0.3, -0.25) is 10.1 Å². The average Bonchev–Trinajstić information content (AvgIpc) is 2.99. The van der Waals surface area contributed by atoms with Gasteiger partial charge in [0.05, 0.1) is 12.2 Å². The lowest BCUT2D eigenvalue weighted by Crippen LogP contribution is -2.53. The van der Waals surface area contributed by atoms with Crippen LogP contribution in [0.25, 0.3) is 0 Å². The maximum absolute atomic E-state index is 12.0. The van der Waals surface area contributed by atoms with E-state index in [1.54, 1.807) is 0 Å². The lowest BCUT2D eigenvalue weighted by molar-refractivity contribution is -0.124. The van der Waals surface area contributed by atoms with E-state index >= 15 is 0 Å². The van der Waals surface area contributed by atoms with Crippen molar-refractivity contribution in [1.82, 2.24) is 5.32 Å². The van der Waals surface area contributed by atoms with Crippen molar-refractivity contribution in [3.05, 3.63) is 35.9 Å². The van der Waals surface area contributed by atoms with Gasteiger partial charge in [-0.2, -0.15) is 0 Å². The van der Waals surface area contributed by atoms with Crippen LogP contribution in [0.3, 0.4) is 0 Å². The number of rotatable bonds is 5. The Morgan fingerprint density at radius 1 is 1.38 bits per heavy atom. The van der Waals surface area contributed by atoms with E-state index in [1.165, 1.54) is 0 Å². The molecule has 114 valence electrons. The monoisotopic (exact) mass is 288 g/mol. The summed E-state index contributed by atoms with van der Waals surface area (Å²) in [5.41, 5.74) is 5.94. The van der Waals surface area contributed by atoms with Crippen LogP contribution in [0.1, 0.15) is 38.7 Å². The van der Waals surface area contributed by atoms with E-state index in [0.29, 0.717) is 0 Å². The molecule has 1 aliphatic heterocycles. The molecule has 3 atom stereocenters. The fourth-order valence-corrected chi connectivity index (χ4v) is 3.74. The summed E-state index contributed by atoms with van der Waals surface area (Å²) in [5, 5.41) is 3.43. The zero-order valence-corrected chi connectivity index (χ0v) is 12.8. The predicted molar refractivity (Wildman–Crippen MR) is 81.6 cm³/mol. The van der Waals surface area contributed by atoms with E-state index in [0.717, 1.165) is 38.0 Å². The van der Waals surface area contributed by atoms with Crippen molar-refractivity contribution < 1.29 is 9.53 Å². The zero-order valence-electron chi connectivity index (χ0n) is 12.8. The summed E-state index contributed by atoms with van der Waals surface area (Å²) >= 11 is 0. The number of primary amides is 1. The van der Waals surface area contributed by atoms with Crippen LogP contribution in [-0.4, -0.2) is 24.7 Å². The summed E-state index contributed by atoms with van der Waals surface area (Å²) in [5.74, 6) is -0.343. The number of carbonyl (C=O) groups excluding carboxylic acids is 1. The largest absolute Gasteiger partial charge is 0.375 e. The van der Waals surface area contributed by atoms with Gasteiger partial charge in [-0.15, -0.1) is 0 Å². The number of nitrogens with one attached hydrogen (secondary N) is 1. The Labute approximate surface area is 126 Å². The van der Waals surface area contributed by atoms with Gasteiger partial charge in [0.1, 0.15) is 5.54 Å². The number of ether oxygens (including phenoxy) is 1. The number of hydrogen-bond donors (Lipinski definition) is 2. The molecule has 1 amide bonds. The lowest BCUT2D eigenvalue weighted by atomic mass is 9.84. The molecule has 4 nitrogen and oxygen atoms in total. The Hall–Kier alpha value is -1.39. The minimum Gasteiger partial charge on any atom is -0.375 e. The van der Waals surface area contributed by atoms with Gasteiger partial charge in [0.15, 0.2) is 0 Å². The summed E-state index contributed by atoms with van der Waals surface area (Å²) in [6, 6.07) is 9.69. The van der Waals surface area contributed by atoms with Crippen molar-refractivity contribution in [3.63, 3.8) is 0 Å². The third-order valence-electron chi connectivity index (χ3n) is 5.32. The molecule has 1 aromatic rings. The van der Waals surface area contributed by atoms with Crippen LogP contribution in [0.4, 0.5) is 0 Å². The molecule has 0 aromatic heterocycles. The quantitative estimate of drug-likeness (QED) is 0.870. The smallest absolute Gasteiger partial charge is 0.242 e. The molecule has 2 bridgehead atoms. The molecule has 0 radical (unpaired) electrons. The predicted octanol–water partition coefficient (Wildman–Crippen LogP) is 1.94. The first-order valence-corrected chi connectivity index (χ1v) is 7.62. The van der Waals surface area contributed by atoms with Gasteiger partial charge in [-0.25, -0.2) is 0 Å². The first kappa shape index (κ1) is 14.5. The van der Waals surface area contributed by atoms with Gasteiger partial charge in [-0.05, 0) is 38.7 Å². The van der Waals surface area contributed by atoms with Crippen molar-refractivity contribution in [2.45, 2.75) is 44.2 Å². The van der Waals surface area contributed by atoms with Gasteiger partial charge in [0.2, 0.25) is 5.91 Å². The summed E-state index contributed by atoms with van der Waals surface area (Å²) in [6.07, 6.45) is 3.32. The molecular weight excluding hydrogens is 264 g/mol. The summed E-state index contributed by atoms with van der Waals surface area (Å²) in [6.45, 7) is 5.59. The molecule has 0 spiro atoms. The van der Waals surface area contributed by atoms with Crippen LogP contribution >= 0.6 is 0 Å². The fraction of sp³-hybridized carbons (Fsp3) is 0.588. The molecule has 3 rings (SSSR count). The summed E-state index contributed by atoms with van der Waals surface area (Å²) < 4.78 is 5.92. The average molecular weight is 288 g/mol. The van der Waals surface area contributed by atoms with Crippen LogP contribution < -0.4 is 11.1 Å². The number of benzene rings is 1. The molecule has 2 fully saturated rings. The van der Waals surface area contributed by atoms with Gasteiger partial charge < -0.3 is 10.5 Å². The maximum atomic E-state index is 12.0. The highest BCUT2D eigenvalue weighted by Crippen LogP contribution is 2.52. The molecule has 3 N–H and O–H groups in total. The minimum atomic E-state index is -0.836. The van der Waals surface area contributed by atoms with Gasteiger partial charge in [-0.1, -0.05) is 30.3 Å². The zero-order chi connectivity index (χ0) is 15.1. The third kappa shape index (κ3) is 2.47. The summed E-state index contributed by atoms with van der Waals surface area (Å²) in [4.78, 5) is 12.0. The number of amides is 1. The van der Waals surface area contributed by atoms with Crippen LogP contribution in [-0.2, 0) is 15.1 Å². The highest BCUT2D eigenvalue weighted by atomic mass is 16.5. The van der Waals surface area contributed by atoms with E-state index in [4.69, 9.17) is 10.5 Å². The van der Waals surface area contributed by atoms with E-state index < -0.39 is 5.54 Å². The van der Waals surface area contributed by atoms with E-state index in [9.17, 15) is 4.79 Å². The topological polar surface area (TPSA) is 64.3 Å². The Morgan fingerprint density at radius 2 is 2.10 bits per heavy atom. The molecule has 1 saturated carbocycles. The minimum absolute atomic E-state index is 0.0392. The second-order valence-corrected chi connectivity index (χ2v) is 7.12. The third-order valence-corrected chi connectivity index (χ3v) is 5.32.